The Balaban J connectivity index is 2.13. The summed E-state index contributed by atoms with van der Waals surface area (Å²) in [4.78, 5) is 1.29. The fraction of sp³-hybridized carbons (Fsp3) is 0.625. The summed E-state index contributed by atoms with van der Waals surface area (Å²) in [5.74, 6) is 0. The standard InChI is InChI=1S/C8H12N2OS/c1-6-7(4-10-12-6)8-5-11-3-2-9-8/h4,8-9H,2-3,5H2,1H3. The Hall–Kier alpha value is -0.450. The van der Waals surface area contributed by atoms with E-state index in [0.29, 0.717) is 6.04 Å². The van der Waals surface area contributed by atoms with Crippen LogP contribution in [0.1, 0.15) is 16.5 Å². The average Bonchev–Trinajstić information content (AvgIpc) is 2.53. The molecule has 1 aromatic rings. The molecule has 1 fully saturated rings. The second-order valence-electron chi connectivity index (χ2n) is 2.92. The van der Waals surface area contributed by atoms with Crippen molar-refractivity contribution in [2.24, 2.45) is 0 Å². The number of rotatable bonds is 1. The van der Waals surface area contributed by atoms with Crippen molar-refractivity contribution in [1.29, 1.82) is 0 Å². The molecule has 2 heterocycles. The van der Waals surface area contributed by atoms with Crippen LogP contribution in [-0.2, 0) is 4.74 Å². The number of aromatic nitrogens is 1. The molecule has 1 aliphatic rings. The van der Waals surface area contributed by atoms with E-state index in [9.17, 15) is 0 Å². The van der Waals surface area contributed by atoms with E-state index in [0.717, 1.165) is 19.8 Å². The molecule has 0 radical (unpaired) electrons. The molecule has 0 aliphatic carbocycles. The monoisotopic (exact) mass is 184 g/mol. The Bertz CT molecular complexity index is 255. The quantitative estimate of drug-likeness (QED) is 0.710. The van der Waals surface area contributed by atoms with Crippen molar-refractivity contribution in [3.05, 3.63) is 16.6 Å². The maximum Gasteiger partial charge on any atom is 0.0663 e. The largest absolute Gasteiger partial charge is 0.378 e. The first-order valence-electron chi connectivity index (χ1n) is 4.10. The van der Waals surface area contributed by atoms with Crippen LogP contribution in [-0.4, -0.2) is 24.1 Å². The van der Waals surface area contributed by atoms with E-state index in [2.05, 4.69) is 16.6 Å². The summed E-state index contributed by atoms with van der Waals surface area (Å²) in [6.45, 7) is 4.65. The molecule has 1 atom stereocenters. The minimum atomic E-state index is 0.359. The summed E-state index contributed by atoms with van der Waals surface area (Å²) in [6, 6.07) is 0.359. The van der Waals surface area contributed by atoms with Gasteiger partial charge in [-0.25, -0.2) is 4.37 Å². The van der Waals surface area contributed by atoms with Crippen molar-refractivity contribution in [2.45, 2.75) is 13.0 Å². The van der Waals surface area contributed by atoms with Crippen LogP contribution in [0.4, 0.5) is 0 Å². The highest BCUT2D eigenvalue weighted by Crippen LogP contribution is 2.21. The molecule has 0 bridgehead atoms. The second-order valence-corrected chi connectivity index (χ2v) is 3.92. The molecule has 1 aromatic heterocycles. The molecular weight excluding hydrogens is 172 g/mol. The number of ether oxygens (including phenoxy) is 1. The van der Waals surface area contributed by atoms with Gasteiger partial charge in [0.2, 0.25) is 0 Å². The number of nitrogens with zero attached hydrogens (tertiary/aromatic N) is 1. The molecule has 1 aliphatic heterocycles. The summed E-state index contributed by atoms with van der Waals surface area (Å²) in [6.07, 6.45) is 1.94. The van der Waals surface area contributed by atoms with Crippen molar-refractivity contribution >= 4 is 11.5 Å². The van der Waals surface area contributed by atoms with Crippen LogP contribution in [0, 0.1) is 6.92 Å². The first-order valence-corrected chi connectivity index (χ1v) is 4.87. The van der Waals surface area contributed by atoms with Gasteiger partial charge in [-0.15, -0.1) is 0 Å². The third kappa shape index (κ3) is 1.50. The number of hydrogen-bond donors (Lipinski definition) is 1. The Morgan fingerprint density at radius 1 is 1.75 bits per heavy atom. The molecule has 1 saturated heterocycles. The molecule has 0 saturated carbocycles. The molecule has 0 amide bonds. The lowest BCUT2D eigenvalue weighted by atomic mass is 10.1. The molecule has 1 N–H and O–H groups in total. The maximum absolute atomic E-state index is 5.38. The van der Waals surface area contributed by atoms with Crippen LogP contribution in [0.15, 0.2) is 6.20 Å². The number of nitrogens with one attached hydrogen (secondary N) is 1. The zero-order valence-corrected chi connectivity index (χ0v) is 7.86. The molecule has 12 heavy (non-hydrogen) atoms. The van der Waals surface area contributed by atoms with Crippen LogP contribution < -0.4 is 5.32 Å². The number of aryl methyl sites for hydroxylation is 1. The highest BCUT2D eigenvalue weighted by Gasteiger charge is 2.17. The molecule has 4 heteroatoms. The van der Waals surface area contributed by atoms with E-state index in [1.54, 1.807) is 11.5 Å². The molecule has 3 nitrogen and oxygen atoms in total. The van der Waals surface area contributed by atoms with Crippen molar-refractivity contribution in [3.8, 4) is 0 Å². The van der Waals surface area contributed by atoms with Gasteiger partial charge in [-0.3, -0.25) is 0 Å². The Morgan fingerprint density at radius 2 is 2.67 bits per heavy atom. The van der Waals surface area contributed by atoms with Gasteiger partial charge in [0.25, 0.3) is 0 Å². The summed E-state index contributed by atoms with van der Waals surface area (Å²) >= 11 is 1.55. The van der Waals surface area contributed by atoms with E-state index in [-0.39, 0.29) is 0 Å². The zero-order valence-electron chi connectivity index (χ0n) is 7.04. The smallest absolute Gasteiger partial charge is 0.0663 e. The van der Waals surface area contributed by atoms with Gasteiger partial charge in [-0.2, -0.15) is 0 Å². The first kappa shape index (κ1) is 8.16. The van der Waals surface area contributed by atoms with E-state index < -0.39 is 0 Å². The van der Waals surface area contributed by atoms with Crippen molar-refractivity contribution in [1.82, 2.24) is 9.69 Å². The van der Waals surface area contributed by atoms with Crippen LogP contribution in [0.5, 0.6) is 0 Å². The third-order valence-electron chi connectivity index (χ3n) is 2.09. The number of hydrogen-bond acceptors (Lipinski definition) is 4. The lowest BCUT2D eigenvalue weighted by Crippen LogP contribution is -2.34. The van der Waals surface area contributed by atoms with Crippen LogP contribution in [0.25, 0.3) is 0 Å². The van der Waals surface area contributed by atoms with E-state index >= 15 is 0 Å². The summed E-state index contributed by atoms with van der Waals surface area (Å²) in [7, 11) is 0. The Kier molecular flexibility index (Phi) is 2.39. The summed E-state index contributed by atoms with van der Waals surface area (Å²) < 4.78 is 9.52. The van der Waals surface area contributed by atoms with Crippen molar-refractivity contribution in [2.75, 3.05) is 19.8 Å². The van der Waals surface area contributed by atoms with Gasteiger partial charge in [0.15, 0.2) is 0 Å². The van der Waals surface area contributed by atoms with E-state index in [1.807, 2.05) is 6.20 Å². The fourth-order valence-electron chi connectivity index (χ4n) is 1.41. The zero-order chi connectivity index (χ0) is 8.39. The highest BCUT2D eigenvalue weighted by atomic mass is 32.1. The minimum Gasteiger partial charge on any atom is -0.378 e. The molecule has 0 aromatic carbocycles. The van der Waals surface area contributed by atoms with Crippen molar-refractivity contribution in [3.63, 3.8) is 0 Å². The molecule has 1 unspecified atom stereocenters. The van der Waals surface area contributed by atoms with E-state index in [4.69, 9.17) is 4.74 Å². The predicted molar refractivity (Wildman–Crippen MR) is 48.4 cm³/mol. The van der Waals surface area contributed by atoms with Gasteiger partial charge in [0.1, 0.15) is 0 Å². The first-order chi connectivity index (χ1) is 5.88. The minimum absolute atomic E-state index is 0.359. The molecule has 0 spiro atoms. The third-order valence-corrected chi connectivity index (χ3v) is 2.81. The maximum atomic E-state index is 5.38. The second kappa shape index (κ2) is 3.51. The topological polar surface area (TPSA) is 34.1 Å². The van der Waals surface area contributed by atoms with Crippen LogP contribution in [0.3, 0.4) is 0 Å². The predicted octanol–water partition coefficient (Wildman–Crippen LogP) is 1.11. The lowest BCUT2D eigenvalue weighted by molar-refractivity contribution is 0.0768. The SMILES string of the molecule is Cc1sncc1C1COCCN1. The average molecular weight is 184 g/mol. The molecule has 66 valence electrons. The molecular formula is C8H12N2OS. The Morgan fingerprint density at radius 3 is 3.25 bits per heavy atom. The summed E-state index contributed by atoms with van der Waals surface area (Å²) in [5.41, 5.74) is 1.29. The van der Waals surface area contributed by atoms with E-state index in [1.165, 1.54) is 10.4 Å². The molecule has 2 rings (SSSR count). The highest BCUT2D eigenvalue weighted by molar-refractivity contribution is 7.05. The fourth-order valence-corrected chi connectivity index (χ4v) is 2.03. The lowest BCUT2D eigenvalue weighted by Gasteiger charge is -2.23. The Labute approximate surface area is 75.9 Å². The van der Waals surface area contributed by atoms with Gasteiger partial charge >= 0.3 is 0 Å². The van der Waals surface area contributed by atoms with Gasteiger partial charge in [-0.05, 0) is 18.5 Å². The van der Waals surface area contributed by atoms with Crippen molar-refractivity contribution < 1.29 is 4.74 Å². The number of morpholine rings is 1. The van der Waals surface area contributed by atoms with Crippen LogP contribution in [0.2, 0.25) is 0 Å². The van der Waals surface area contributed by atoms with Crippen LogP contribution >= 0.6 is 11.5 Å². The van der Waals surface area contributed by atoms with Gasteiger partial charge in [0, 0.05) is 23.2 Å². The van der Waals surface area contributed by atoms with Gasteiger partial charge in [-0.1, -0.05) is 0 Å². The van der Waals surface area contributed by atoms with Gasteiger partial charge < -0.3 is 10.1 Å². The summed E-state index contributed by atoms with van der Waals surface area (Å²) in [5, 5.41) is 3.40. The van der Waals surface area contributed by atoms with Gasteiger partial charge in [0.05, 0.1) is 19.3 Å². The normalized spacial score (nSPS) is 24.2.